The van der Waals surface area contributed by atoms with Crippen LogP contribution in [0.4, 0.5) is 5.82 Å². The summed E-state index contributed by atoms with van der Waals surface area (Å²) in [5, 5.41) is 3.18. The lowest BCUT2D eigenvalue weighted by Crippen LogP contribution is -2.07. The summed E-state index contributed by atoms with van der Waals surface area (Å²) >= 11 is 0. The van der Waals surface area contributed by atoms with Gasteiger partial charge < -0.3 is 10.1 Å². The minimum absolute atomic E-state index is 0.354. The van der Waals surface area contributed by atoms with Gasteiger partial charge in [-0.3, -0.25) is 0 Å². The fourth-order valence-corrected chi connectivity index (χ4v) is 1.23. The largest absolute Gasteiger partial charge is 0.465 e. The van der Waals surface area contributed by atoms with Gasteiger partial charge in [-0.15, -0.1) is 0 Å². The molecule has 0 radical (unpaired) electrons. The van der Waals surface area contributed by atoms with E-state index in [1.54, 1.807) is 6.07 Å². The van der Waals surface area contributed by atoms with Crippen LogP contribution in [-0.2, 0) is 4.74 Å². The van der Waals surface area contributed by atoms with Crippen LogP contribution in [0.1, 0.15) is 29.3 Å². The van der Waals surface area contributed by atoms with Crippen LogP contribution in [0, 0.1) is 6.92 Å². The smallest absolute Gasteiger partial charge is 0.339 e. The van der Waals surface area contributed by atoms with Crippen molar-refractivity contribution in [2.24, 2.45) is 0 Å². The Morgan fingerprint density at radius 2 is 2.33 bits per heavy atom. The van der Waals surface area contributed by atoms with Crippen LogP contribution >= 0.6 is 0 Å². The van der Waals surface area contributed by atoms with Gasteiger partial charge in [0.2, 0.25) is 0 Å². The van der Waals surface area contributed by atoms with Crippen LogP contribution in [0.3, 0.4) is 0 Å². The highest BCUT2D eigenvalue weighted by Gasteiger charge is 2.07. The number of aromatic nitrogens is 1. The van der Waals surface area contributed by atoms with Crippen LogP contribution in [0.5, 0.6) is 0 Å². The lowest BCUT2D eigenvalue weighted by Gasteiger charge is -2.08. The van der Waals surface area contributed by atoms with E-state index in [4.69, 9.17) is 0 Å². The Morgan fingerprint density at radius 1 is 1.60 bits per heavy atom. The molecule has 82 valence electrons. The summed E-state index contributed by atoms with van der Waals surface area (Å²) in [6, 6.07) is 1.77. The third kappa shape index (κ3) is 2.94. The predicted octanol–water partition coefficient (Wildman–Crippen LogP) is 2.00. The van der Waals surface area contributed by atoms with Crippen molar-refractivity contribution in [3.05, 3.63) is 23.4 Å². The van der Waals surface area contributed by atoms with E-state index in [1.165, 1.54) is 13.3 Å². The normalized spacial score (nSPS) is 9.80. The summed E-state index contributed by atoms with van der Waals surface area (Å²) in [5.41, 5.74) is 1.43. The molecule has 0 spiro atoms. The fourth-order valence-electron chi connectivity index (χ4n) is 1.23. The first-order chi connectivity index (χ1) is 7.19. The Hall–Kier alpha value is -1.58. The molecule has 1 rings (SSSR count). The zero-order valence-corrected chi connectivity index (χ0v) is 9.33. The summed E-state index contributed by atoms with van der Waals surface area (Å²) in [6.07, 6.45) is 2.57. The van der Waals surface area contributed by atoms with Crippen molar-refractivity contribution in [2.75, 3.05) is 19.0 Å². The summed E-state index contributed by atoms with van der Waals surface area (Å²) in [5.74, 6) is 0.470. The van der Waals surface area contributed by atoms with Crippen molar-refractivity contribution in [3.8, 4) is 0 Å². The molecule has 0 unspecified atom stereocenters. The highest BCUT2D eigenvalue weighted by Crippen LogP contribution is 2.13. The van der Waals surface area contributed by atoms with Gasteiger partial charge in [0.1, 0.15) is 5.82 Å². The van der Waals surface area contributed by atoms with E-state index in [0.29, 0.717) is 5.56 Å². The number of nitrogens with one attached hydrogen (secondary N) is 1. The highest BCUT2D eigenvalue weighted by molar-refractivity contribution is 5.89. The van der Waals surface area contributed by atoms with Gasteiger partial charge in [-0.1, -0.05) is 6.92 Å². The number of hydrogen-bond acceptors (Lipinski definition) is 4. The van der Waals surface area contributed by atoms with Crippen molar-refractivity contribution >= 4 is 11.8 Å². The second kappa shape index (κ2) is 5.34. The van der Waals surface area contributed by atoms with Gasteiger partial charge in [0.25, 0.3) is 0 Å². The second-order valence-electron chi connectivity index (χ2n) is 3.31. The second-order valence-corrected chi connectivity index (χ2v) is 3.31. The van der Waals surface area contributed by atoms with Crippen molar-refractivity contribution < 1.29 is 9.53 Å². The standard InChI is InChI=1S/C11H16N2O2/c1-4-5-12-10-8(2)6-9(7-13-10)11(14)15-3/h6-7H,4-5H2,1-3H3,(H,12,13). The molecule has 1 aromatic heterocycles. The number of esters is 1. The first-order valence-electron chi connectivity index (χ1n) is 4.97. The Morgan fingerprint density at radius 3 is 2.87 bits per heavy atom. The van der Waals surface area contributed by atoms with Crippen molar-refractivity contribution in [2.45, 2.75) is 20.3 Å². The maximum Gasteiger partial charge on any atom is 0.339 e. The molecule has 0 aliphatic rings. The van der Waals surface area contributed by atoms with Crippen LogP contribution in [0.15, 0.2) is 12.3 Å². The van der Waals surface area contributed by atoms with Gasteiger partial charge >= 0.3 is 5.97 Å². The number of methoxy groups -OCH3 is 1. The van der Waals surface area contributed by atoms with Gasteiger partial charge in [-0.25, -0.2) is 9.78 Å². The number of pyridine rings is 1. The van der Waals surface area contributed by atoms with E-state index >= 15 is 0 Å². The maximum absolute atomic E-state index is 11.2. The van der Waals surface area contributed by atoms with E-state index in [2.05, 4.69) is 22.0 Å². The summed E-state index contributed by atoms with van der Waals surface area (Å²) < 4.78 is 4.61. The maximum atomic E-state index is 11.2. The Kier molecular flexibility index (Phi) is 4.09. The molecule has 0 saturated carbocycles. The lowest BCUT2D eigenvalue weighted by molar-refractivity contribution is 0.0600. The number of anilines is 1. The van der Waals surface area contributed by atoms with Crippen molar-refractivity contribution in [3.63, 3.8) is 0 Å². The van der Waals surface area contributed by atoms with Gasteiger partial charge in [0, 0.05) is 12.7 Å². The van der Waals surface area contributed by atoms with Gasteiger partial charge in [0.05, 0.1) is 12.7 Å². The molecule has 1 heterocycles. The SMILES string of the molecule is CCCNc1ncc(C(=O)OC)cc1C. The number of hydrogen-bond donors (Lipinski definition) is 1. The highest BCUT2D eigenvalue weighted by atomic mass is 16.5. The zero-order chi connectivity index (χ0) is 11.3. The summed E-state index contributed by atoms with van der Waals surface area (Å²) in [4.78, 5) is 15.4. The van der Waals surface area contributed by atoms with E-state index in [-0.39, 0.29) is 5.97 Å². The fraction of sp³-hybridized carbons (Fsp3) is 0.455. The van der Waals surface area contributed by atoms with Crippen LogP contribution in [0.25, 0.3) is 0 Å². The minimum Gasteiger partial charge on any atom is -0.465 e. The number of ether oxygens (including phenoxy) is 1. The third-order valence-corrected chi connectivity index (χ3v) is 2.04. The molecule has 1 N–H and O–H groups in total. The zero-order valence-electron chi connectivity index (χ0n) is 9.33. The molecule has 0 fully saturated rings. The summed E-state index contributed by atoms with van der Waals surface area (Å²) in [7, 11) is 1.36. The number of carbonyl (C=O) groups is 1. The Balaban J connectivity index is 2.83. The molecule has 0 bridgehead atoms. The lowest BCUT2D eigenvalue weighted by atomic mass is 10.2. The van der Waals surface area contributed by atoms with Crippen LogP contribution in [-0.4, -0.2) is 24.6 Å². The topological polar surface area (TPSA) is 51.2 Å². The van der Waals surface area contributed by atoms with Crippen LogP contribution < -0.4 is 5.32 Å². The van der Waals surface area contributed by atoms with Crippen molar-refractivity contribution in [1.29, 1.82) is 0 Å². The average Bonchev–Trinajstić information content (AvgIpc) is 2.26. The molecule has 4 nitrogen and oxygen atoms in total. The van der Waals surface area contributed by atoms with Gasteiger partial charge in [0.15, 0.2) is 0 Å². The van der Waals surface area contributed by atoms with Crippen molar-refractivity contribution in [1.82, 2.24) is 4.98 Å². The molecular weight excluding hydrogens is 192 g/mol. The van der Waals surface area contributed by atoms with E-state index in [0.717, 1.165) is 24.3 Å². The first kappa shape index (κ1) is 11.5. The monoisotopic (exact) mass is 208 g/mol. The first-order valence-corrected chi connectivity index (χ1v) is 4.97. The number of rotatable bonds is 4. The molecule has 0 aromatic carbocycles. The number of carbonyl (C=O) groups excluding carboxylic acids is 1. The third-order valence-electron chi connectivity index (χ3n) is 2.04. The Bertz CT molecular complexity index is 350. The molecule has 1 aromatic rings. The Labute approximate surface area is 89.7 Å². The van der Waals surface area contributed by atoms with Gasteiger partial charge in [-0.05, 0) is 25.0 Å². The quantitative estimate of drug-likeness (QED) is 0.769. The van der Waals surface area contributed by atoms with Gasteiger partial charge in [-0.2, -0.15) is 0 Å². The summed E-state index contributed by atoms with van der Waals surface area (Å²) in [6.45, 7) is 4.88. The van der Waals surface area contributed by atoms with E-state index < -0.39 is 0 Å². The molecule has 4 heteroatoms. The molecule has 0 amide bonds. The number of nitrogens with zero attached hydrogens (tertiary/aromatic N) is 1. The van der Waals surface area contributed by atoms with E-state index in [9.17, 15) is 4.79 Å². The minimum atomic E-state index is -0.354. The molecule has 15 heavy (non-hydrogen) atoms. The predicted molar refractivity (Wildman–Crippen MR) is 59.1 cm³/mol. The molecule has 0 saturated heterocycles. The molecule has 0 aliphatic heterocycles. The number of aryl methyl sites for hydroxylation is 1. The molecule has 0 atom stereocenters. The van der Waals surface area contributed by atoms with E-state index in [1.807, 2.05) is 6.92 Å². The average molecular weight is 208 g/mol. The molecule has 0 aliphatic carbocycles. The molecular formula is C11H16N2O2. The van der Waals surface area contributed by atoms with Crippen LogP contribution in [0.2, 0.25) is 0 Å².